The molecule has 1 aliphatic rings. The van der Waals surface area contributed by atoms with Crippen LogP contribution in [0.4, 0.5) is 17.1 Å². The van der Waals surface area contributed by atoms with E-state index in [1.807, 2.05) is 42.5 Å². The van der Waals surface area contributed by atoms with Crippen molar-refractivity contribution in [1.82, 2.24) is 0 Å². The fraction of sp³-hybridized carbons (Fsp3) is 0.120. The summed E-state index contributed by atoms with van der Waals surface area (Å²) >= 11 is -2.08. The van der Waals surface area contributed by atoms with E-state index in [1.54, 1.807) is 6.07 Å². The number of nitrogens with zero attached hydrogens (tertiary/aromatic N) is 1. The number of rotatable bonds is 2. The Morgan fingerprint density at radius 1 is 0.724 bits per heavy atom. The van der Waals surface area contributed by atoms with Gasteiger partial charge in [-0.1, -0.05) is 74.5 Å². The van der Waals surface area contributed by atoms with Crippen molar-refractivity contribution < 1.29 is 8.76 Å². The summed E-state index contributed by atoms with van der Waals surface area (Å²) in [5, 5.41) is 1.75. The van der Waals surface area contributed by atoms with Crippen LogP contribution in [0.5, 0.6) is 0 Å². The molecule has 1 heterocycles. The maximum Gasteiger partial charge on any atom is 0.187 e. The number of hydrogen-bond acceptors (Lipinski definition) is 2. The average molecular weight is 400 g/mol. The Kier molecular flexibility index (Phi) is 4.09. The molecule has 0 saturated heterocycles. The Labute approximate surface area is 172 Å². The van der Waals surface area contributed by atoms with Crippen LogP contribution < -0.4 is 4.90 Å². The lowest BCUT2D eigenvalue weighted by Gasteiger charge is -2.42. The third-order valence-corrected chi connectivity index (χ3v) is 6.63. The van der Waals surface area contributed by atoms with Crippen molar-refractivity contribution in [1.29, 1.82) is 0 Å². The Hall–Kier alpha value is -2.95. The lowest BCUT2D eigenvalue weighted by molar-refractivity contribution is 0.565. The Balaban J connectivity index is 1.91. The van der Waals surface area contributed by atoms with E-state index >= 15 is 0 Å². The highest BCUT2D eigenvalue weighted by molar-refractivity contribution is 7.79. The number of fused-ring (bicyclic) bond motifs is 3. The minimum absolute atomic E-state index is 0.142. The van der Waals surface area contributed by atoms with E-state index in [4.69, 9.17) is 0 Å². The van der Waals surface area contributed by atoms with Gasteiger partial charge in [0.25, 0.3) is 0 Å². The molecule has 4 aromatic carbocycles. The minimum atomic E-state index is -2.08. The standard InChI is InChI=1S/C25H21NO2S/c1-25(2)18-11-3-5-13-20(18)26(21-14-6-4-12-19(21)25)22-15-7-9-17-10-8-16-23(24(17)22)29(27)28/h3-16H,1-2H3,(H,27,28). The molecule has 3 nitrogen and oxygen atoms in total. The summed E-state index contributed by atoms with van der Waals surface area (Å²) in [5.74, 6) is 0. The molecule has 1 N–H and O–H groups in total. The molecule has 0 bridgehead atoms. The molecule has 4 aromatic rings. The van der Waals surface area contributed by atoms with Gasteiger partial charge in [-0.2, -0.15) is 0 Å². The molecule has 0 amide bonds. The van der Waals surface area contributed by atoms with Crippen LogP contribution in [-0.2, 0) is 16.5 Å². The van der Waals surface area contributed by atoms with Gasteiger partial charge in [0.05, 0.1) is 22.0 Å². The lowest BCUT2D eigenvalue weighted by Crippen LogP contribution is -2.30. The Morgan fingerprint density at radius 3 is 1.83 bits per heavy atom. The first-order chi connectivity index (χ1) is 14.0. The summed E-state index contributed by atoms with van der Waals surface area (Å²) in [6, 6.07) is 28.4. The summed E-state index contributed by atoms with van der Waals surface area (Å²) in [7, 11) is 0. The minimum Gasteiger partial charge on any atom is -0.309 e. The monoisotopic (exact) mass is 399 g/mol. The van der Waals surface area contributed by atoms with Gasteiger partial charge in [-0.25, -0.2) is 4.21 Å². The van der Waals surface area contributed by atoms with Crippen LogP contribution in [0.1, 0.15) is 25.0 Å². The van der Waals surface area contributed by atoms with E-state index in [2.05, 4.69) is 55.1 Å². The van der Waals surface area contributed by atoms with Gasteiger partial charge in [-0.3, -0.25) is 0 Å². The van der Waals surface area contributed by atoms with Crippen LogP contribution in [0.25, 0.3) is 10.8 Å². The van der Waals surface area contributed by atoms with Crippen molar-refractivity contribution in [2.75, 3.05) is 4.90 Å². The molecular weight excluding hydrogens is 378 g/mol. The topological polar surface area (TPSA) is 40.5 Å². The van der Waals surface area contributed by atoms with Gasteiger partial charge in [0.15, 0.2) is 11.1 Å². The summed E-state index contributed by atoms with van der Waals surface area (Å²) in [6.45, 7) is 4.50. The van der Waals surface area contributed by atoms with Gasteiger partial charge >= 0.3 is 0 Å². The van der Waals surface area contributed by atoms with Crippen LogP contribution in [-0.4, -0.2) is 8.76 Å². The maximum absolute atomic E-state index is 12.1. The van der Waals surface area contributed by atoms with Crippen molar-refractivity contribution in [2.24, 2.45) is 0 Å². The highest BCUT2D eigenvalue weighted by Gasteiger charge is 2.37. The van der Waals surface area contributed by atoms with Crippen LogP contribution >= 0.6 is 0 Å². The van der Waals surface area contributed by atoms with Crippen molar-refractivity contribution in [3.63, 3.8) is 0 Å². The van der Waals surface area contributed by atoms with Crippen molar-refractivity contribution >= 4 is 38.9 Å². The van der Waals surface area contributed by atoms with Gasteiger partial charge in [-0.15, -0.1) is 0 Å². The summed E-state index contributed by atoms with van der Waals surface area (Å²) in [4.78, 5) is 2.66. The smallest absolute Gasteiger partial charge is 0.187 e. The fourth-order valence-corrected chi connectivity index (χ4v) is 5.14. The first-order valence-electron chi connectivity index (χ1n) is 9.62. The molecule has 0 radical (unpaired) electrons. The van der Waals surface area contributed by atoms with Gasteiger partial charge in [-0.05, 0) is 40.8 Å². The van der Waals surface area contributed by atoms with E-state index in [-0.39, 0.29) is 5.41 Å². The van der Waals surface area contributed by atoms with Crippen LogP contribution in [0.2, 0.25) is 0 Å². The van der Waals surface area contributed by atoms with Crippen LogP contribution in [0.3, 0.4) is 0 Å². The number of anilines is 3. The molecular formula is C25H21NO2S. The molecule has 0 spiro atoms. The second-order valence-electron chi connectivity index (χ2n) is 7.88. The van der Waals surface area contributed by atoms with Crippen molar-refractivity contribution in [3.8, 4) is 0 Å². The van der Waals surface area contributed by atoms with Gasteiger partial charge < -0.3 is 9.45 Å². The first kappa shape index (κ1) is 18.1. The number of hydrogen-bond donors (Lipinski definition) is 1. The molecule has 1 unspecified atom stereocenters. The molecule has 0 fully saturated rings. The fourth-order valence-electron chi connectivity index (χ4n) is 4.55. The Bertz CT molecular complexity index is 1220. The molecule has 0 aromatic heterocycles. The predicted octanol–water partition coefficient (Wildman–Crippen LogP) is 6.53. The quantitative estimate of drug-likeness (QED) is 0.390. The molecule has 1 aliphatic heterocycles. The van der Waals surface area contributed by atoms with Crippen molar-refractivity contribution in [3.05, 3.63) is 96.1 Å². The first-order valence-corrected chi connectivity index (χ1v) is 10.7. The normalized spacial score (nSPS) is 15.6. The molecule has 4 heteroatoms. The number of benzene rings is 4. The van der Waals surface area contributed by atoms with Gasteiger partial charge in [0.1, 0.15) is 0 Å². The molecule has 1 atom stereocenters. The zero-order valence-corrected chi connectivity index (χ0v) is 17.1. The second kappa shape index (κ2) is 6.55. The summed E-state index contributed by atoms with van der Waals surface area (Å²) in [5.41, 5.74) is 5.44. The molecule has 0 aliphatic carbocycles. The van der Waals surface area contributed by atoms with Crippen LogP contribution in [0.15, 0.2) is 89.8 Å². The molecule has 5 rings (SSSR count). The van der Waals surface area contributed by atoms with E-state index in [1.165, 1.54) is 11.1 Å². The average Bonchev–Trinajstić information content (AvgIpc) is 2.73. The van der Waals surface area contributed by atoms with E-state index in [9.17, 15) is 8.76 Å². The van der Waals surface area contributed by atoms with E-state index in [0.717, 1.165) is 27.8 Å². The predicted molar refractivity (Wildman–Crippen MR) is 120 cm³/mol. The van der Waals surface area contributed by atoms with Crippen LogP contribution in [0, 0.1) is 0 Å². The molecule has 0 saturated carbocycles. The zero-order chi connectivity index (χ0) is 20.2. The number of para-hydroxylation sites is 2. The van der Waals surface area contributed by atoms with E-state index in [0.29, 0.717) is 4.90 Å². The Morgan fingerprint density at radius 2 is 1.24 bits per heavy atom. The zero-order valence-electron chi connectivity index (χ0n) is 16.3. The third-order valence-electron chi connectivity index (χ3n) is 5.91. The summed E-state index contributed by atoms with van der Waals surface area (Å²) < 4.78 is 22.1. The lowest BCUT2D eigenvalue weighted by atomic mass is 9.73. The molecule has 144 valence electrons. The van der Waals surface area contributed by atoms with E-state index < -0.39 is 11.1 Å². The highest BCUT2D eigenvalue weighted by Crippen LogP contribution is 2.52. The van der Waals surface area contributed by atoms with Crippen molar-refractivity contribution in [2.45, 2.75) is 24.2 Å². The SMILES string of the molecule is CC1(C)c2ccccc2N(c2cccc3cccc(S(=O)O)c23)c2ccccc21. The molecule has 29 heavy (non-hydrogen) atoms. The third kappa shape index (κ3) is 2.64. The summed E-state index contributed by atoms with van der Waals surface area (Å²) in [6.07, 6.45) is 0. The largest absolute Gasteiger partial charge is 0.309 e. The van der Waals surface area contributed by atoms with Gasteiger partial charge in [0.2, 0.25) is 0 Å². The highest BCUT2D eigenvalue weighted by atomic mass is 32.2. The maximum atomic E-state index is 12.1. The second-order valence-corrected chi connectivity index (χ2v) is 8.81. The van der Waals surface area contributed by atoms with Gasteiger partial charge in [0, 0.05) is 10.8 Å².